The zero-order chi connectivity index (χ0) is 23.6. The number of fused-ring (bicyclic) bond motifs is 7. The van der Waals surface area contributed by atoms with Gasteiger partial charge in [-0.15, -0.1) is 0 Å². The number of aliphatic carboxylic acids is 1. The largest absolute Gasteiger partial charge is 0.479 e. The first-order valence-electron chi connectivity index (χ1n) is 12.1. The van der Waals surface area contributed by atoms with Crippen LogP contribution < -0.4 is 0 Å². The van der Waals surface area contributed by atoms with E-state index in [1.807, 2.05) is 0 Å². The van der Waals surface area contributed by atoms with E-state index in [4.69, 9.17) is 4.84 Å². The molecule has 5 fully saturated rings. The molecule has 0 aromatic carbocycles. The van der Waals surface area contributed by atoms with Crippen molar-refractivity contribution in [2.45, 2.75) is 69.5 Å². The number of aliphatic hydroxyl groups excluding tert-OH is 1. The predicted octanol–water partition coefficient (Wildman–Crippen LogP) is 3.01. The summed E-state index contributed by atoms with van der Waals surface area (Å²) in [5, 5.41) is 23.6. The first-order chi connectivity index (χ1) is 15.5. The van der Waals surface area contributed by atoms with Crippen LogP contribution in [0.2, 0.25) is 0 Å². The fourth-order valence-electron chi connectivity index (χ4n) is 8.38. The third-order valence-electron chi connectivity index (χ3n) is 10.2. The monoisotopic (exact) mass is 463 g/mol. The molecule has 5 aliphatic carbocycles. The van der Waals surface area contributed by atoms with E-state index >= 15 is 8.78 Å². The van der Waals surface area contributed by atoms with Gasteiger partial charge in [0.2, 0.25) is 0 Å². The Labute approximate surface area is 191 Å². The maximum atomic E-state index is 17.2. The molecule has 2 N–H and O–H groups in total. The van der Waals surface area contributed by atoms with Gasteiger partial charge < -0.3 is 10.2 Å². The van der Waals surface area contributed by atoms with Crippen molar-refractivity contribution in [3.8, 4) is 0 Å². The van der Waals surface area contributed by atoms with Gasteiger partial charge >= 0.3 is 5.97 Å². The number of alkyl halides is 2. The van der Waals surface area contributed by atoms with Crippen LogP contribution in [0.4, 0.5) is 8.78 Å². The van der Waals surface area contributed by atoms with Gasteiger partial charge in [-0.05, 0) is 68.6 Å². The molecule has 8 heteroatoms. The predicted molar refractivity (Wildman–Crippen MR) is 113 cm³/mol. The quantitative estimate of drug-likeness (QED) is 0.669. The molecular formula is C25H31F2NO5. The molecule has 33 heavy (non-hydrogen) atoms. The van der Waals surface area contributed by atoms with E-state index in [9.17, 15) is 19.8 Å². The van der Waals surface area contributed by atoms with Crippen molar-refractivity contribution in [1.29, 1.82) is 0 Å². The number of aliphatic hydroxyl groups is 1. The molecule has 0 aromatic rings. The smallest absolute Gasteiger partial charge is 0.339 e. The average Bonchev–Trinajstić information content (AvgIpc) is 3.42. The van der Waals surface area contributed by atoms with E-state index in [2.05, 4.69) is 0 Å². The summed E-state index contributed by atoms with van der Waals surface area (Å²) < 4.78 is 32.7. The van der Waals surface area contributed by atoms with Gasteiger partial charge in [-0.3, -0.25) is 9.63 Å². The number of carbonyl (C=O) groups is 2. The summed E-state index contributed by atoms with van der Waals surface area (Å²) >= 11 is 0. The van der Waals surface area contributed by atoms with Crippen LogP contribution >= 0.6 is 0 Å². The lowest BCUT2D eigenvalue weighted by atomic mass is 9.44. The number of rotatable bonds is 3. The molecule has 180 valence electrons. The van der Waals surface area contributed by atoms with Crippen LogP contribution in [0.1, 0.15) is 46.0 Å². The topological polar surface area (TPSA) is 87.1 Å². The maximum Gasteiger partial charge on any atom is 0.339 e. The normalized spacial score (nSPS) is 53.2. The van der Waals surface area contributed by atoms with Gasteiger partial charge in [0.1, 0.15) is 6.17 Å². The van der Waals surface area contributed by atoms with Gasteiger partial charge in [-0.25, -0.2) is 13.6 Å². The third kappa shape index (κ3) is 2.47. The lowest BCUT2D eigenvalue weighted by Crippen LogP contribution is -2.70. The average molecular weight is 464 g/mol. The summed E-state index contributed by atoms with van der Waals surface area (Å²) in [6.45, 7) is 4.48. The molecule has 6 rings (SSSR count). The van der Waals surface area contributed by atoms with Crippen molar-refractivity contribution in [1.82, 2.24) is 5.06 Å². The Hall–Kier alpha value is -1.64. The fourth-order valence-corrected chi connectivity index (χ4v) is 8.38. The van der Waals surface area contributed by atoms with Gasteiger partial charge in [-0.2, -0.15) is 5.06 Å². The summed E-state index contributed by atoms with van der Waals surface area (Å²) in [4.78, 5) is 31.0. The highest BCUT2D eigenvalue weighted by molar-refractivity contribution is 6.01. The Kier molecular flexibility index (Phi) is 4.32. The SMILES string of the molecule is C[C@]12C=CC(=O)C=C1[C@@H](F)C[C@H]1[C@@H]3C[C@H]4CN(CC5CC5)O[C@@]4(C(=O)O)[C@@]3(C)C[C@H](O)[C@@]12F. The van der Waals surface area contributed by atoms with E-state index in [1.54, 1.807) is 18.9 Å². The Morgan fingerprint density at radius 2 is 2.00 bits per heavy atom. The minimum atomic E-state index is -2.20. The number of nitrogens with zero attached hydrogens (tertiary/aromatic N) is 1. The summed E-state index contributed by atoms with van der Waals surface area (Å²) in [5.41, 5.74) is -6.19. The molecule has 1 heterocycles. The van der Waals surface area contributed by atoms with E-state index in [1.165, 1.54) is 18.2 Å². The van der Waals surface area contributed by atoms with Crippen LogP contribution in [0.25, 0.3) is 0 Å². The lowest BCUT2D eigenvalue weighted by molar-refractivity contribution is -0.274. The Morgan fingerprint density at radius 3 is 2.67 bits per heavy atom. The first-order valence-corrected chi connectivity index (χ1v) is 12.1. The standard InChI is InChI=1S/C25H31F2NO5/c1-22-6-5-15(29)8-18(22)19(26)9-17-16-7-14-12-28(11-13-3-4-13)33-25(14,21(31)32)23(16,2)10-20(30)24(17,22)27/h5-6,8,13-14,16-17,19-20,30H,3-4,7,9-12H2,1-2H3,(H,31,32)/t14-,16-,17-,19-,20-,22-,23-,24-,25-/m0/s1. The number of ketones is 1. The zero-order valence-corrected chi connectivity index (χ0v) is 19.0. The van der Waals surface area contributed by atoms with Crippen molar-refractivity contribution in [3.05, 3.63) is 23.8 Å². The van der Waals surface area contributed by atoms with Crippen LogP contribution in [0.5, 0.6) is 0 Å². The highest BCUT2D eigenvalue weighted by Gasteiger charge is 2.80. The minimum absolute atomic E-state index is 0.0781. The Morgan fingerprint density at radius 1 is 1.27 bits per heavy atom. The van der Waals surface area contributed by atoms with Crippen molar-refractivity contribution >= 4 is 11.8 Å². The van der Waals surface area contributed by atoms with Crippen LogP contribution in [0.3, 0.4) is 0 Å². The molecule has 9 atom stereocenters. The summed E-state index contributed by atoms with van der Waals surface area (Å²) in [6.07, 6.45) is 3.15. The van der Waals surface area contributed by atoms with Gasteiger partial charge in [0, 0.05) is 35.8 Å². The maximum absolute atomic E-state index is 17.2. The third-order valence-corrected chi connectivity index (χ3v) is 10.2. The molecule has 1 saturated heterocycles. The summed E-state index contributed by atoms with van der Waals surface area (Å²) in [6, 6.07) is 0. The highest BCUT2D eigenvalue weighted by atomic mass is 19.1. The number of carbonyl (C=O) groups excluding carboxylic acids is 1. The second-order valence-electron chi connectivity index (χ2n) is 11.7. The Bertz CT molecular complexity index is 995. The number of halogens is 2. The van der Waals surface area contributed by atoms with Crippen LogP contribution in [0.15, 0.2) is 23.8 Å². The van der Waals surface area contributed by atoms with Gasteiger partial charge in [0.05, 0.1) is 6.10 Å². The van der Waals surface area contributed by atoms with E-state index in [0.29, 0.717) is 25.4 Å². The molecule has 0 unspecified atom stereocenters. The van der Waals surface area contributed by atoms with Gasteiger partial charge in [0.25, 0.3) is 0 Å². The van der Waals surface area contributed by atoms with E-state index in [0.717, 1.165) is 12.8 Å². The van der Waals surface area contributed by atoms with Crippen molar-refractivity contribution < 1.29 is 33.4 Å². The second-order valence-corrected chi connectivity index (χ2v) is 11.7. The molecule has 4 saturated carbocycles. The van der Waals surface area contributed by atoms with Crippen LogP contribution in [0, 0.1) is 34.5 Å². The van der Waals surface area contributed by atoms with Crippen LogP contribution in [-0.2, 0) is 14.4 Å². The molecule has 6 aliphatic rings. The zero-order valence-electron chi connectivity index (χ0n) is 19.0. The van der Waals surface area contributed by atoms with Crippen molar-refractivity contribution in [2.24, 2.45) is 34.5 Å². The molecule has 1 aliphatic heterocycles. The Balaban J connectivity index is 1.43. The molecule has 0 amide bonds. The number of allylic oxidation sites excluding steroid dienone is 4. The number of hydrogen-bond acceptors (Lipinski definition) is 5. The summed E-state index contributed by atoms with van der Waals surface area (Å²) in [7, 11) is 0. The van der Waals surface area contributed by atoms with E-state index in [-0.39, 0.29) is 30.1 Å². The van der Waals surface area contributed by atoms with Gasteiger partial charge in [-0.1, -0.05) is 13.0 Å². The van der Waals surface area contributed by atoms with E-state index < -0.39 is 52.2 Å². The fraction of sp³-hybridized carbons (Fsp3) is 0.760. The number of carboxylic acid groups (broad SMARTS) is 1. The summed E-state index contributed by atoms with van der Waals surface area (Å²) in [5.74, 6) is -2.65. The molecule has 0 aromatic heterocycles. The number of carboxylic acids is 1. The van der Waals surface area contributed by atoms with Crippen molar-refractivity contribution in [3.63, 3.8) is 0 Å². The van der Waals surface area contributed by atoms with Crippen LogP contribution in [-0.4, -0.2) is 63.7 Å². The molecule has 0 spiro atoms. The van der Waals surface area contributed by atoms with Gasteiger partial charge in [0.15, 0.2) is 17.1 Å². The molecular weight excluding hydrogens is 432 g/mol. The number of hydroxylamine groups is 2. The lowest BCUT2D eigenvalue weighted by Gasteiger charge is -2.63. The molecule has 6 nitrogen and oxygen atoms in total. The molecule has 0 radical (unpaired) electrons. The van der Waals surface area contributed by atoms with Crippen molar-refractivity contribution in [2.75, 3.05) is 13.1 Å². The minimum Gasteiger partial charge on any atom is -0.479 e. The highest BCUT2D eigenvalue weighted by Crippen LogP contribution is 2.72. The second kappa shape index (κ2) is 6.52. The molecule has 0 bridgehead atoms. The number of hydrogen-bond donors (Lipinski definition) is 2. The first kappa shape index (κ1) is 21.9.